The molecule has 0 spiro atoms. The van der Waals surface area contributed by atoms with Gasteiger partial charge in [-0.15, -0.1) is 10.2 Å². The van der Waals surface area contributed by atoms with E-state index in [0.29, 0.717) is 10.0 Å². The molecule has 4 unspecified atom stereocenters. The molecule has 23 heavy (non-hydrogen) atoms. The molecule has 0 fully saturated rings. The van der Waals surface area contributed by atoms with E-state index in [2.05, 4.69) is 25.6 Å². The molecule has 0 radical (unpaired) electrons. The normalized spacial score (nSPS) is 16.1. The average molecular weight is 347 g/mol. The van der Waals surface area contributed by atoms with Gasteiger partial charge in [-0.3, -0.25) is 0 Å². The van der Waals surface area contributed by atoms with Gasteiger partial charge < -0.3 is 31.3 Å². The van der Waals surface area contributed by atoms with Crippen molar-refractivity contribution in [1.29, 1.82) is 0 Å². The van der Waals surface area contributed by atoms with E-state index in [9.17, 15) is 19.8 Å². The van der Waals surface area contributed by atoms with Gasteiger partial charge in [0, 0.05) is 0 Å². The van der Waals surface area contributed by atoms with Crippen molar-refractivity contribution in [2.75, 3.05) is 7.11 Å². The third kappa shape index (κ3) is 5.71. The Morgan fingerprint density at radius 3 is 2.48 bits per heavy atom. The van der Waals surface area contributed by atoms with E-state index in [1.54, 1.807) is 6.92 Å². The van der Waals surface area contributed by atoms with Gasteiger partial charge in [-0.2, -0.15) is 0 Å². The second-order valence-corrected chi connectivity index (χ2v) is 5.96. The lowest BCUT2D eigenvalue weighted by molar-refractivity contribution is -0.145. The number of ether oxygens (including phenoxy) is 1. The molecule has 0 aliphatic carbocycles. The number of carbonyl (C=O) groups excluding carboxylic acids is 2. The zero-order chi connectivity index (χ0) is 17.6. The largest absolute Gasteiger partial charge is 0.467 e. The maximum Gasteiger partial charge on any atom is 0.331 e. The molecule has 0 saturated heterocycles. The standard InChI is InChI=1S/C12H21N5O5S/c1-5(18)8(13)10-17-16-7(23-10)4-14-12(21)15-9(6(2)19)11(20)22-3/h5-6,8-9,18-19H,4,13H2,1-3H3,(H2,14,15,21). The van der Waals surface area contributed by atoms with E-state index in [1.165, 1.54) is 6.92 Å². The lowest BCUT2D eigenvalue weighted by Gasteiger charge is -2.18. The van der Waals surface area contributed by atoms with Gasteiger partial charge in [0.15, 0.2) is 6.04 Å². The van der Waals surface area contributed by atoms with Crippen molar-refractivity contribution in [1.82, 2.24) is 20.8 Å². The molecule has 0 bridgehead atoms. The first-order valence-corrected chi connectivity index (χ1v) is 7.64. The average Bonchev–Trinajstić information content (AvgIpc) is 2.97. The van der Waals surface area contributed by atoms with Crippen molar-refractivity contribution in [3.05, 3.63) is 10.0 Å². The minimum atomic E-state index is -1.17. The fourth-order valence-electron chi connectivity index (χ4n) is 1.53. The Hall–Kier alpha value is -1.82. The van der Waals surface area contributed by atoms with Gasteiger partial charge in [0.1, 0.15) is 10.0 Å². The summed E-state index contributed by atoms with van der Waals surface area (Å²) in [5, 5.41) is 32.3. The highest BCUT2D eigenvalue weighted by molar-refractivity contribution is 7.11. The molecule has 0 aliphatic heterocycles. The van der Waals surface area contributed by atoms with Crippen LogP contribution in [0, 0.1) is 0 Å². The molecule has 1 heterocycles. The number of urea groups is 1. The number of aromatic nitrogens is 2. The molecule has 11 heteroatoms. The van der Waals surface area contributed by atoms with Crippen LogP contribution in [0.3, 0.4) is 0 Å². The summed E-state index contributed by atoms with van der Waals surface area (Å²) in [6.45, 7) is 2.96. The van der Waals surface area contributed by atoms with Crippen LogP contribution in [-0.2, 0) is 16.1 Å². The summed E-state index contributed by atoms with van der Waals surface area (Å²) >= 11 is 1.16. The lowest BCUT2D eigenvalue weighted by Crippen LogP contribution is -2.51. The van der Waals surface area contributed by atoms with Crippen molar-refractivity contribution in [3.63, 3.8) is 0 Å². The maximum atomic E-state index is 11.8. The predicted molar refractivity (Wildman–Crippen MR) is 81.4 cm³/mol. The number of amides is 2. The predicted octanol–water partition coefficient (Wildman–Crippen LogP) is -1.36. The molecule has 4 atom stereocenters. The number of nitrogens with one attached hydrogen (secondary N) is 2. The monoisotopic (exact) mass is 347 g/mol. The van der Waals surface area contributed by atoms with Crippen molar-refractivity contribution in [3.8, 4) is 0 Å². The Labute approximate surface area is 137 Å². The number of hydrogen-bond donors (Lipinski definition) is 5. The van der Waals surface area contributed by atoms with E-state index in [-0.39, 0.29) is 6.54 Å². The van der Waals surface area contributed by atoms with Gasteiger partial charge in [-0.25, -0.2) is 9.59 Å². The molecule has 2 amide bonds. The molecular formula is C12H21N5O5S. The maximum absolute atomic E-state index is 11.8. The highest BCUT2D eigenvalue weighted by Crippen LogP contribution is 2.18. The van der Waals surface area contributed by atoms with E-state index >= 15 is 0 Å². The van der Waals surface area contributed by atoms with Crippen molar-refractivity contribution in [2.45, 2.75) is 44.7 Å². The second-order valence-electron chi connectivity index (χ2n) is 4.87. The quantitative estimate of drug-likeness (QED) is 0.378. The molecule has 0 saturated carbocycles. The number of aliphatic hydroxyl groups is 2. The second kappa shape index (κ2) is 8.72. The zero-order valence-corrected chi connectivity index (χ0v) is 13.8. The summed E-state index contributed by atoms with van der Waals surface area (Å²) < 4.78 is 4.49. The summed E-state index contributed by atoms with van der Waals surface area (Å²) in [6.07, 6.45) is -1.87. The number of hydrogen-bond acceptors (Lipinski definition) is 9. The van der Waals surface area contributed by atoms with E-state index in [0.717, 1.165) is 18.4 Å². The summed E-state index contributed by atoms with van der Waals surface area (Å²) in [7, 11) is 1.16. The lowest BCUT2D eigenvalue weighted by atomic mass is 10.2. The molecule has 1 aromatic rings. The fraction of sp³-hybridized carbons (Fsp3) is 0.667. The minimum Gasteiger partial charge on any atom is -0.467 e. The van der Waals surface area contributed by atoms with Gasteiger partial charge in [-0.05, 0) is 13.8 Å². The zero-order valence-electron chi connectivity index (χ0n) is 13.0. The van der Waals surface area contributed by atoms with Gasteiger partial charge in [0.2, 0.25) is 0 Å². The smallest absolute Gasteiger partial charge is 0.331 e. The molecule has 1 aromatic heterocycles. The molecule has 10 nitrogen and oxygen atoms in total. The third-order valence-corrected chi connectivity index (χ3v) is 3.94. The first-order chi connectivity index (χ1) is 10.8. The SMILES string of the molecule is COC(=O)C(NC(=O)NCc1nnc(C(N)C(C)O)s1)C(C)O. The Morgan fingerprint density at radius 2 is 1.96 bits per heavy atom. The van der Waals surface area contributed by atoms with Crippen LogP contribution in [0.15, 0.2) is 0 Å². The summed E-state index contributed by atoms with van der Waals surface area (Å²) in [6, 6.07) is -2.49. The third-order valence-electron chi connectivity index (χ3n) is 2.91. The highest BCUT2D eigenvalue weighted by Gasteiger charge is 2.26. The molecule has 130 valence electrons. The van der Waals surface area contributed by atoms with Crippen LogP contribution in [0.1, 0.15) is 29.9 Å². The Bertz CT molecular complexity index is 536. The van der Waals surface area contributed by atoms with Gasteiger partial charge >= 0.3 is 12.0 Å². The van der Waals surface area contributed by atoms with Crippen LogP contribution in [0.25, 0.3) is 0 Å². The number of carbonyl (C=O) groups is 2. The summed E-state index contributed by atoms with van der Waals surface area (Å²) in [5.41, 5.74) is 5.73. The Morgan fingerprint density at radius 1 is 1.30 bits per heavy atom. The first-order valence-electron chi connectivity index (χ1n) is 6.82. The number of nitrogens with zero attached hydrogens (tertiary/aromatic N) is 2. The van der Waals surface area contributed by atoms with E-state index in [1.807, 2.05) is 0 Å². The van der Waals surface area contributed by atoms with Crippen LogP contribution in [0.5, 0.6) is 0 Å². The van der Waals surface area contributed by atoms with Crippen LogP contribution in [-0.4, -0.2) is 57.8 Å². The molecule has 0 aromatic carbocycles. The molecule has 1 rings (SSSR count). The van der Waals surface area contributed by atoms with E-state index < -0.39 is 36.3 Å². The van der Waals surface area contributed by atoms with Crippen LogP contribution in [0.4, 0.5) is 4.79 Å². The molecule has 0 aliphatic rings. The van der Waals surface area contributed by atoms with Crippen molar-refractivity contribution >= 4 is 23.3 Å². The van der Waals surface area contributed by atoms with Crippen LogP contribution >= 0.6 is 11.3 Å². The number of methoxy groups -OCH3 is 1. The number of rotatable bonds is 7. The molecule has 6 N–H and O–H groups in total. The van der Waals surface area contributed by atoms with E-state index in [4.69, 9.17) is 5.73 Å². The van der Waals surface area contributed by atoms with Crippen LogP contribution in [0.2, 0.25) is 0 Å². The first kappa shape index (κ1) is 19.2. The minimum absolute atomic E-state index is 0.0593. The Kier molecular flexibility index (Phi) is 7.29. The van der Waals surface area contributed by atoms with Gasteiger partial charge in [0.05, 0.1) is 31.9 Å². The highest BCUT2D eigenvalue weighted by atomic mass is 32.1. The Balaban J connectivity index is 2.54. The topological polar surface area (TPSA) is 160 Å². The van der Waals surface area contributed by atoms with Gasteiger partial charge in [-0.1, -0.05) is 11.3 Å². The van der Waals surface area contributed by atoms with Crippen LogP contribution < -0.4 is 16.4 Å². The number of nitrogens with two attached hydrogens (primary N) is 1. The van der Waals surface area contributed by atoms with Gasteiger partial charge in [0.25, 0.3) is 0 Å². The van der Waals surface area contributed by atoms with Crippen molar-refractivity contribution in [2.24, 2.45) is 5.73 Å². The van der Waals surface area contributed by atoms with Crippen molar-refractivity contribution < 1.29 is 24.5 Å². The summed E-state index contributed by atoms with van der Waals surface area (Å²) in [4.78, 5) is 23.2. The molecular weight excluding hydrogens is 326 g/mol. The number of esters is 1. The number of aliphatic hydroxyl groups excluding tert-OH is 2. The summed E-state index contributed by atoms with van der Waals surface area (Å²) in [5.74, 6) is -0.753. The fourth-order valence-corrected chi connectivity index (χ4v) is 2.41.